The number of hydrogen-bond donors (Lipinski definition) is 2. The molecule has 0 aliphatic carbocycles. The molecule has 0 aromatic heterocycles. The molecular formula is C16H17NO. The van der Waals surface area contributed by atoms with Gasteiger partial charge < -0.3 is 10.4 Å². The summed E-state index contributed by atoms with van der Waals surface area (Å²) >= 11 is 0. The number of aliphatic hydroxyl groups excluding tert-OH is 1. The van der Waals surface area contributed by atoms with Crippen LogP contribution in [0.5, 0.6) is 0 Å². The average molecular weight is 239 g/mol. The van der Waals surface area contributed by atoms with Gasteiger partial charge in [-0.15, -0.1) is 0 Å². The van der Waals surface area contributed by atoms with Crippen molar-refractivity contribution in [1.82, 2.24) is 0 Å². The molecule has 3 rings (SSSR count). The van der Waals surface area contributed by atoms with E-state index in [0.717, 1.165) is 18.5 Å². The van der Waals surface area contributed by atoms with Crippen molar-refractivity contribution >= 4 is 5.69 Å². The summed E-state index contributed by atoms with van der Waals surface area (Å²) in [7, 11) is 0. The van der Waals surface area contributed by atoms with Crippen molar-refractivity contribution in [3.05, 3.63) is 65.2 Å². The van der Waals surface area contributed by atoms with E-state index in [1.807, 2.05) is 12.1 Å². The van der Waals surface area contributed by atoms with Crippen LogP contribution in [0.15, 0.2) is 48.5 Å². The van der Waals surface area contributed by atoms with Crippen molar-refractivity contribution in [3.63, 3.8) is 0 Å². The first-order chi connectivity index (χ1) is 8.86. The quantitative estimate of drug-likeness (QED) is 0.863. The minimum absolute atomic E-state index is 0.116. The van der Waals surface area contributed by atoms with Gasteiger partial charge in [0, 0.05) is 18.2 Å². The van der Waals surface area contributed by atoms with Crippen LogP contribution >= 0.6 is 0 Å². The Kier molecular flexibility index (Phi) is 3.03. The minimum atomic E-state index is 0.116. The maximum Gasteiger partial charge on any atom is 0.0681 e. The van der Waals surface area contributed by atoms with Gasteiger partial charge in [-0.05, 0) is 29.2 Å². The summed E-state index contributed by atoms with van der Waals surface area (Å²) < 4.78 is 0. The van der Waals surface area contributed by atoms with E-state index >= 15 is 0 Å². The average Bonchev–Trinajstić information content (AvgIpc) is 2.82. The Morgan fingerprint density at radius 1 is 1.06 bits per heavy atom. The Bertz CT molecular complexity index is 536. The van der Waals surface area contributed by atoms with E-state index in [4.69, 9.17) is 0 Å². The molecule has 0 radical (unpaired) electrons. The largest absolute Gasteiger partial charge is 0.392 e. The van der Waals surface area contributed by atoms with E-state index < -0.39 is 0 Å². The van der Waals surface area contributed by atoms with E-state index in [9.17, 15) is 5.11 Å². The second kappa shape index (κ2) is 4.83. The normalized spacial score (nSPS) is 17.3. The molecule has 1 aliphatic heterocycles. The maximum atomic E-state index is 9.22. The summed E-state index contributed by atoms with van der Waals surface area (Å²) in [6, 6.07) is 16.8. The lowest BCUT2D eigenvalue weighted by Gasteiger charge is -2.11. The lowest BCUT2D eigenvalue weighted by Crippen LogP contribution is -2.05. The van der Waals surface area contributed by atoms with E-state index in [-0.39, 0.29) is 6.61 Å². The van der Waals surface area contributed by atoms with Crippen LogP contribution in [0.3, 0.4) is 0 Å². The van der Waals surface area contributed by atoms with Crippen molar-refractivity contribution in [1.29, 1.82) is 0 Å². The molecule has 0 bridgehead atoms. The summed E-state index contributed by atoms with van der Waals surface area (Å²) in [5, 5.41) is 12.7. The molecular weight excluding hydrogens is 222 g/mol. The number of benzene rings is 2. The predicted molar refractivity (Wildman–Crippen MR) is 73.7 cm³/mol. The van der Waals surface area contributed by atoms with Gasteiger partial charge in [-0.25, -0.2) is 0 Å². The predicted octanol–water partition coefficient (Wildman–Crippen LogP) is 2.93. The molecule has 92 valence electrons. The lowest BCUT2D eigenvalue weighted by molar-refractivity contribution is 0.281. The zero-order valence-corrected chi connectivity index (χ0v) is 10.3. The fraction of sp³-hybridized carbons (Fsp3) is 0.250. The van der Waals surface area contributed by atoms with Gasteiger partial charge in [-0.2, -0.15) is 0 Å². The van der Waals surface area contributed by atoms with Crippen LogP contribution in [0.2, 0.25) is 0 Å². The smallest absolute Gasteiger partial charge is 0.0681 e. The molecule has 2 aromatic rings. The third-order valence-electron chi connectivity index (χ3n) is 3.60. The Labute approximate surface area is 107 Å². The Hall–Kier alpha value is -1.80. The van der Waals surface area contributed by atoms with Crippen LogP contribution in [0.4, 0.5) is 5.69 Å². The highest BCUT2D eigenvalue weighted by atomic mass is 16.3. The Balaban J connectivity index is 1.85. The molecule has 2 aromatic carbocycles. The van der Waals surface area contributed by atoms with E-state index in [0.29, 0.717) is 5.92 Å². The second-order valence-corrected chi connectivity index (χ2v) is 4.85. The van der Waals surface area contributed by atoms with E-state index in [1.54, 1.807) is 0 Å². The minimum Gasteiger partial charge on any atom is -0.392 e. The maximum absolute atomic E-state index is 9.22. The van der Waals surface area contributed by atoms with Crippen LogP contribution in [0.25, 0.3) is 0 Å². The molecule has 1 atom stereocenters. The van der Waals surface area contributed by atoms with Gasteiger partial charge in [0.1, 0.15) is 0 Å². The van der Waals surface area contributed by atoms with Crippen molar-refractivity contribution in [2.24, 2.45) is 0 Å². The zero-order chi connectivity index (χ0) is 12.4. The zero-order valence-electron chi connectivity index (χ0n) is 10.3. The summed E-state index contributed by atoms with van der Waals surface area (Å²) in [6.07, 6.45) is 1.05. The van der Waals surface area contributed by atoms with Gasteiger partial charge in [0.05, 0.1) is 6.61 Å². The number of anilines is 1. The number of rotatable bonds is 3. The molecule has 2 N–H and O–H groups in total. The third-order valence-corrected chi connectivity index (χ3v) is 3.60. The second-order valence-electron chi connectivity index (χ2n) is 4.85. The first-order valence-electron chi connectivity index (χ1n) is 6.38. The first-order valence-corrected chi connectivity index (χ1v) is 6.38. The molecule has 0 amide bonds. The fourth-order valence-corrected chi connectivity index (χ4v) is 2.63. The van der Waals surface area contributed by atoms with Gasteiger partial charge in [-0.1, -0.05) is 42.5 Å². The van der Waals surface area contributed by atoms with Crippen LogP contribution in [0.1, 0.15) is 22.6 Å². The van der Waals surface area contributed by atoms with Crippen molar-refractivity contribution in [2.45, 2.75) is 18.9 Å². The van der Waals surface area contributed by atoms with Gasteiger partial charge in [0.2, 0.25) is 0 Å². The molecule has 2 heteroatoms. The van der Waals surface area contributed by atoms with Crippen molar-refractivity contribution in [2.75, 3.05) is 11.9 Å². The number of fused-ring (bicyclic) bond motifs is 1. The monoisotopic (exact) mass is 239 g/mol. The van der Waals surface area contributed by atoms with Crippen LogP contribution in [-0.4, -0.2) is 11.7 Å². The Morgan fingerprint density at radius 3 is 2.67 bits per heavy atom. The van der Waals surface area contributed by atoms with E-state index in [1.165, 1.54) is 16.8 Å². The standard InChI is InChI=1S/C16H17NO/c18-11-13-6-7-16-15(9-13)14(10-17-16)8-12-4-2-1-3-5-12/h1-7,9,14,17-18H,8,10-11H2. The number of aliphatic hydroxyl groups is 1. The third kappa shape index (κ3) is 2.12. The molecule has 0 saturated carbocycles. The molecule has 18 heavy (non-hydrogen) atoms. The summed E-state index contributed by atoms with van der Waals surface area (Å²) in [5.74, 6) is 0.508. The summed E-state index contributed by atoms with van der Waals surface area (Å²) in [4.78, 5) is 0. The van der Waals surface area contributed by atoms with Gasteiger partial charge in [0.25, 0.3) is 0 Å². The molecule has 1 unspecified atom stereocenters. The topological polar surface area (TPSA) is 32.3 Å². The highest BCUT2D eigenvalue weighted by molar-refractivity contribution is 5.59. The molecule has 0 spiro atoms. The highest BCUT2D eigenvalue weighted by Crippen LogP contribution is 2.34. The van der Waals surface area contributed by atoms with Crippen LogP contribution in [-0.2, 0) is 13.0 Å². The van der Waals surface area contributed by atoms with Crippen molar-refractivity contribution < 1.29 is 5.11 Å². The van der Waals surface area contributed by atoms with Gasteiger partial charge >= 0.3 is 0 Å². The number of nitrogens with one attached hydrogen (secondary N) is 1. The van der Waals surface area contributed by atoms with Crippen LogP contribution in [0, 0.1) is 0 Å². The molecule has 1 aliphatic rings. The SMILES string of the molecule is OCc1ccc2c(c1)C(Cc1ccccc1)CN2. The molecule has 0 fully saturated rings. The highest BCUT2D eigenvalue weighted by Gasteiger charge is 2.22. The summed E-state index contributed by atoms with van der Waals surface area (Å²) in [5.41, 5.74) is 4.92. The molecule has 2 nitrogen and oxygen atoms in total. The first kappa shape index (κ1) is 11.3. The van der Waals surface area contributed by atoms with Crippen LogP contribution < -0.4 is 5.32 Å². The number of hydrogen-bond acceptors (Lipinski definition) is 2. The molecule has 0 saturated heterocycles. The summed E-state index contributed by atoms with van der Waals surface area (Å²) in [6.45, 7) is 1.10. The lowest BCUT2D eigenvalue weighted by atomic mass is 9.93. The molecule has 1 heterocycles. The van der Waals surface area contributed by atoms with Crippen molar-refractivity contribution in [3.8, 4) is 0 Å². The Morgan fingerprint density at radius 2 is 1.89 bits per heavy atom. The van der Waals surface area contributed by atoms with E-state index in [2.05, 4.69) is 41.7 Å². The van der Waals surface area contributed by atoms with Gasteiger partial charge in [-0.3, -0.25) is 0 Å². The van der Waals surface area contributed by atoms with Gasteiger partial charge in [0.15, 0.2) is 0 Å². The fourth-order valence-electron chi connectivity index (χ4n) is 2.63.